The highest BCUT2D eigenvalue weighted by Crippen LogP contribution is 2.33. The van der Waals surface area contributed by atoms with Crippen LogP contribution in [0, 0.1) is 0 Å². The molecular formula is C18H17ClO6S. The molecule has 0 aliphatic carbocycles. The van der Waals surface area contributed by atoms with Gasteiger partial charge in [0.15, 0.2) is 11.5 Å². The van der Waals surface area contributed by atoms with E-state index in [2.05, 4.69) is 0 Å². The van der Waals surface area contributed by atoms with Gasteiger partial charge in [0.2, 0.25) is 0 Å². The Hall–Kier alpha value is -2.51. The van der Waals surface area contributed by atoms with Crippen molar-refractivity contribution in [3.63, 3.8) is 0 Å². The van der Waals surface area contributed by atoms with E-state index in [1.807, 2.05) is 0 Å². The van der Waals surface area contributed by atoms with Crippen LogP contribution in [0.5, 0.6) is 11.5 Å². The minimum absolute atomic E-state index is 0.0297. The number of aliphatic carboxylic acids is 1. The number of halogens is 1. The molecule has 2 rings (SSSR count). The number of methoxy groups -OCH3 is 1. The molecule has 0 saturated heterocycles. The number of ether oxygens (including phenoxy) is 1. The maximum absolute atomic E-state index is 12.4. The Bertz CT molecular complexity index is 950. The first kappa shape index (κ1) is 19.8. The second-order valence-corrected chi connectivity index (χ2v) is 7.13. The quantitative estimate of drug-likeness (QED) is 0.562. The first-order chi connectivity index (χ1) is 12.3. The minimum Gasteiger partial charge on any atom is -0.493 e. The molecule has 0 aromatic heterocycles. The van der Waals surface area contributed by atoms with Gasteiger partial charge in [-0.1, -0.05) is 36.7 Å². The van der Waals surface area contributed by atoms with Crippen LogP contribution in [0.4, 0.5) is 0 Å². The highest BCUT2D eigenvalue weighted by atomic mass is 35.5. The van der Waals surface area contributed by atoms with Gasteiger partial charge < -0.3 is 14.0 Å². The molecule has 0 aliphatic heterocycles. The molecule has 0 spiro atoms. The van der Waals surface area contributed by atoms with Crippen LogP contribution in [0.25, 0.3) is 6.08 Å². The predicted octanol–water partition coefficient (Wildman–Crippen LogP) is 3.99. The van der Waals surface area contributed by atoms with Crippen molar-refractivity contribution in [1.82, 2.24) is 0 Å². The van der Waals surface area contributed by atoms with E-state index < -0.39 is 16.1 Å². The summed E-state index contributed by atoms with van der Waals surface area (Å²) in [5.74, 6) is -0.902. The summed E-state index contributed by atoms with van der Waals surface area (Å²) in [5.41, 5.74) is 0.757. The van der Waals surface area contributed by atoms with Crippen molar-refractivity contribution in [3.05, 3.63) is 58.6 Å². The van der Waals surface area contributed by atoms with Crippen molar-refractivity contribution in [2.45, 2.75) is 18.2 Å². The Morgan fingerprint density at radius 2 is 1.88 bits per heavy atom. The summed E-state index contributed by atoms with van der Waals surface area (Å²) in [6, 6.07) is 10.4. The van der Waals surface area contributed by atoms with Crippen LogP contribution >= 0.6 is 11.6 Å². The molecule has 0 aliphatic rings. The average molecular weight is 397 g/mol. The monoisotopic (exact) mass is 396 g/mol. The standard InChI is InChI=1S/C18H17ClO6S/c1-3-13(18(20)21)10-12-8-9-15(16(11-12)24-2)25-26(22,23)17-7-5-4-6-14(17)19/h4-11H,3H2,1-2H3,(H,20,21). The predicted molar refractivity (Wildman–Crippen MR) is 98.2 cm³/mol. The van der Waals surface area contributed by atoms with Crippen LogP contribution in [-0.2, 0) is 14.9 Å². The van der Waals surface area contributed by atoms with Gasteiger partial charge in [-0.25, -0.2) is 4.79 Å². The van der Waals surface area contributed by atoms with Crippen LogP contribution in [0.15, 0.2) is 52.9 Å². The third kappa shape index (κ3) is 4.56. The van der Waals surface area contributed by atoms with E-state index in [9.17, 15) is 13.2 Å². The molecule has 2 aromatic carbocycles. The van der Waals surface area contributed by atoms with E-state index in [-0.39, 0.29) is 27.0 Å². The maximum atomic E-state index is 12.4. The van der Waals surface area contributed by atoms with E-state index in [1.54, 1.807) is 19.1 Å². The third-order valence-corrected chi connectivity index (χ3v) is 5.22. The molecule has 0 unspecified atom stereocenters. The lowest BCUT2D eigenvalue weighted by Gasteiger charge is -2.12. The van der Waals surface area contributed by atoms with Gasteiger partial charge in [0, 0.05) is 5.57 Å². The number of carboxylic acid groups (broad SMARTS) is 1. The number of hydrogen-bond donors (Lipinski definition) is 1. The second-order valence-electron chi connectivity index (χ2n) is 5.21. The average Bonchev–Trinajstić information content (AvgIpc) is 2.60. The third-order valence-electron chi connectivity index (χ3n) is 3.49. The van der Waals surface area contributed by atoms with Crippen LogP contribution in [-0.4, -0.2) is 26.6 Å². The van der Waals surface area contributed by atoms with Gasteiger partial charge in [0.1, 0.15) is 4.90 Å². The molecule has 2 aromatic rings. The SMILES string of the molecule is CCC(=Cc1ccc(OS(=O)(=O)c2ccccc2Cl)c(OC)c1)C(=O)O. The van der Waals surface area contributed by atoms with Crippen molar-refractivity contribution in [2.24, 2.45) is 0 Å². The van der Waals surface area contributed by atoms with E-state index in [4.69, 9.17) is 25.6 Å². The van der Waals surface area contributed by atoms with Crippen LogP contribution in [0.3, 0.4) is 0 Å². The Morgan fingerprint density at radius 1 is 1.19 bits per heavy atom. The number of carboxylic acids is 1. The Morgan fingerprint density at radius 3 is 2.46 bits per heavy atom. The molecule has 0 saturated carbocycles. The Kier molecular flexibility index (Phi) is 6.28. The van der Waals surface area contributed by atoms with Crippen LogP contribution in [0.2, 0.25) is 5.02 Å². The Balaban J connectivity index is 2.39. The highest BCUT2D eigenvalue weighted by molar-refractivity contribution is 7.87. The largest absolute Gasteiger partial charge is 0.493 e. The summed E-state index contributed by atoms with van der Waals surface area (Å²) in [5, 5.41) is 9.15. The topological polar surface area (TPSA) is 89.9 Å². The molecule has 6 nitrogen and oxygen atoms in total. The first-order valence-electron chi connectivity index (χ1n) is 7.59. The molecule has 1 N–H and O–H groups in total. The van der Waals surface area contributed by atoms with Crippen molar-refractivity contribution < 1.29 is 27.2 Å². The van der Waals surface area contributed by atoms with Crippen molar-refractivity contribution >= 4 is 33.8 Å². The molecule has 138 valence electrons. The molecular weight excluding hydrogens is 380 g/mol. The van der Waals surface area contributed by atoms with Crippen molar-refractivity contribution in [1.29, 1.82) is 0 Å². The van der Waals surface area contributed by atoms with Crippen LogP contribution < -0.4 is 8.92 Å². The molecule has 26 heavy (non-hydrogen) atoms. The number of benzene rings is 2. The smallest absolute Gasteiger partial charge is 0.340 e. The lowest BCUT2D eigenvalue weighted by molar-refractivity contribution is -0.132. The fourth-order valence-electron chi connectivity index (χ4n) is 2.17. The van der Waals surface area contributed by atoms with Crippen molar-refractivity contribution in [3.8, 4) is 11.5 Å². The van der Waals surface area contributed by atoms with E-state index in [0.29, 0.717) is 12.0 Å². The van der Waals surface area contributed by atoms with E-state index >= 15 is 0 Å². The van der Waals surface area contributed by atoms with Gasteiger partial charge >= 0.3 is 16.1 Å². The lowest BCUT2D eigenvalue weighted by atomic mass is 10.1. The zero-order valence-electron chi connectivity index (χ0n) is 14.1. The van der Waals surface area contributed by atoms with Gasteiger partial charge in [0.25, 0.3) is 0 Å². The van der Waals surface area contributed by atoms with Gasteiger partial charge in [0.05, 0.1) is 12.1 Å². The molecule has 0 radical (unpaired) electrons. The van der Waals surface area contributed by atoms with Crippen molar-refractivity contribution in [2.75, 3.05) is 7.11 Å². The van der Waals surface area contributed by atoms with Gasteiger partial charge in [-0.05, 0) is 42.3 Å². The summed E-state index contributed by atoms with van der Waals surface area (Å²) >= 11 is 5.92. The first-order valence-corrected chi connectivity index (χ1v) is 9.38. The fraction of sp³-hybridized carbons (Fsp3) is 0.167. The molecule has 0 amide bonds. The second kappa shape index (κ2) is 8.25. The van der Waals surface area contributed by atoms with Gasteiger partial charge in [-0.3, -0.25) is 0 Å². The molecule has 8 heteroatoms. The molecule has 0 atom stereocenters. The van der Waals surface area contributed by atoms with E-state index in [0.717, 1.165) is 0 Å². The summed E-state index contributed by atoms with van der Waals surface area (Å²) in [6.45, 7) is 1.73. The summed E-state index contributed by atoms with van der Waals surface area (Å²) in [4.78, 5) is 11.0. The van der Waals surface area contributed by atoms with E-state index in [1.165, 1.54) is 43.5 Å². The number of hydrogen-bond acceptors (Lipinski definition) is 5. The normalized spacial score (nSPS) is 11.9. The summed E-state index contributed by atoms with van der Waals surface area (Å²) in [6.07, 6.45) is 1.83. The van der Waals surface area contributed by atoms with Gasteiger partial charge in [-0.2, -0.15) is 8.42 Å². The number of carbonyl (C=O) groups is 1. The summed E-state index contributed by atoms with van der Waals surface area (Å²) in [7, 11) is -2.80. The number of rotatable bonds is 7. The summed E-state index contributed by atoms with van der Waals surface area (Å²) < 4.78 is 35.2. The molecule has 0 heterocycles. The lowest BCUT2D eigenvalue weighted by Crippen LogP contribution is -2.11. The Labute approximate surface area is 156 Å². The fourth-order valence-corrected chi connectivity index (χ4v) is 3.60. The zero-order chi connectivity index (χ0) is 19.3. The molecule has 0 fully saturated rings. The van der Waals surface area contributed by atoms with Gasteiger partial charge in [-0.15, -0.1) is 0 Å². The molecule has 0 bridgehead atoms. The highest BCUT2D eigenvalue weighted by Gasteiger charge is 2.22. The minimum atomic E-state index is -4.15. The zero-order valence-corrected chi connectivity index (χ0v) is 15.7. The maximum Gasteiger partial charge on any atom is 0.340 e. The van der Waals surface area contributed by atoms with Crippen LogP contribution in [0.1, 0.15) is 18.9 Å².